The molecule has 0 N–H and O–H groups in total. The molecule has 0 spiro atoms. The van der Waals surface area contributed by atoms with Crippen molar-refractivity contribution < 1.29 is 17.5 Å². The molecular weight excluding hydrogens is 515 g/mol. The maximum Gasteiger partial charge on any atom is 0.294 e. The van der Waals surface area contributed by atoms with E-state index >= 15 is 0 Å². The van der Waals surface area contributed by atoms with E-state index in [-0.39, 0.29) is 16.6 Å². The number of benzene rings is 1. The Hall–Kier alpha value is -2.83. The third-order valence-electron chi connectivity index (χ3n) is 6.05. The highest BCUT2D eigenvalue weighted by Gasteiger charge is 2.27. The third kappa shape index (κ3) is 5.09. The molecular formula is C22H22ClFN6O3S2. The number of anilines is 1. The van der Waals surface area contributed by atoms with Crippen molar-refractivity contribution in [3.8, 4) is 16.5 Å². The first-order chi connectivity index (χ1) is 16.7. The Bertz CT molecular complexity index is 1430. The molecule has 184 valence electrons. The van der Waals surface area contributed by atoms with Crippen LogP contribution in [0.25, 0.3) is 16.2 Å². The average molecular weight is 537 g/mol. The number of rotatable bonds is 6. The van der Waals surface area contributed by atoms with Gasteiger partial charge in [-0.1, -0.05) is 11.6 Å². The zero-order valence-corrected chi connectivity index (χ0v) is 21.3. The first kappa shape index (κ1) is 23.9. The van der Waals surface area contributed by atoms with Gasteiger partial charge < -0.3 is 9.64 Å². The molecule has 35 heavy (non-hydrogen) atoms. The van der Waals surface area contributed by atoms with Crippen LogP contribution in [0.5, 0.6) is 5.19 Å². The molecule has 5 rings (SSSR count). The van der Waals surface area contributed by atoms with Crippen LogP contribution in [-0.2, 0) is 9.84 Å². The van der Waals surface area contributed by atoms with Gasteiger partial charge in [0, 0.05) is 24.9 Å². The first-order valence-electron chi connectivity index (χ1n) is 10.9. The fourth-order valence-electron chi connectivity index (χ4n) is 4.09. The predicted molar refractivity (Wildman–Crippen MR) is 131 cm³/mol. The van der Waals surface area contributed by atoms with E-state index < -0.39 is 15.7 Å². The van der Waals surface area contributed by atoms with Crippen LogP contribution >= 0.6 is 22.9 Å². The fraction of sp³-hybridized carbons (Fsp3) is 0.364. The second-order valence-corrected chi connectivity index (χ2v) is 11.9. The van der Waals surface area contributed by atoms with E-state index in [9.17, 15) is 12.8 Å². The highest BCUT2D eigenvalue weighted by atomic mass is 35.5. The van der Waals surface area contributed by atoms with Crippen LogP contribution in [0.1, 0.15) is 19.8 Å². The van der Waals surface area contributed by atoms with Gasteiger partial charge in [0.2, 0.25) is 10.9 Å². The van der Waals surface area contributed by atoms with Crippen LogP contribution < -0.4 is 9.64 Å². The average Bonchev–Trinajstić information content (AvgIpc) is 3.37. The zero-order chi connectivity index (χ0) is 24.7. The van der Waals surface area contributed by atoms with Crippen molar-refractivity contribution in [1.29, 1.82) is 0 Å². The number of fused-ring (bicyclic) bond motifs is 1. The summed E-state index contributed by atoms with van der Waals surface area (Å²) in [6, 6.07) is 3.79. The lowest BCUT2D eigenvalue weighted by molar-refractivity contribution is 0.131. The molecule has 3 aromatic heterocycles. The van der Waals surface area contributed by atoms with Crippen LogP contribution in [0, 0.1) is 11.7 Å². The smallest absolute Gasteiger partial charge is 0.294 e. The van der Waals surface area contributed by atoms with Gasteiger partial charge in [-0.25, -0.2) is 32.3 Å². The summed E-state index contributed by atoms with van der Waals surface area (Å²) in [6.45, 7) is 3.69. The number of halogens is 2. The molecule has 1 aliphatic rings. The number of aromatic nitrogens is 5. The van der Waals surface area contributed by atoms with Crippen molar-refractivity contribution in [2.75, 3.05) is 24.2 Å². The number of imidazole rings is 1. The van der Waals surface area contributed by atoms with Gasteiger partial charge in [0.05, 0.1) is 34.2 Å². The highest BCUT2D eigenvalue weighted by molar-refractivity contribution is 7.90. The van der Waals surface area contributed by atoms with Gasteiger partial charge in [0.1, 0.15) is 11.9 Å². The fourth-order valence-corrected chi connectivity index (χ4v) is 5.63. The molecule has 0 saturated carbocycles. The lowest BCUT2D eigenvalue weighted by atomic mass is 9.92. The molecule has 0 radical (unpaired) electrons. The van der Waals surface area contributed by atoms with Crippen molar-refractivity contribution in [3.05, 3.63) is 47.6 Å². The number of sulfone groups is 1. The van der Waals surface area contributed by atoms with E-state index in [4.69, 9.17) is 16.3 Å². The Labute approximate surface area is 210 Å². The van der Waals surface area contributed by atoms with Crippen LogP contribution in [0.3, 0.4) is 0 Å². The normalized spacial score (nSPS) is 16.1. The van der Waals surface area contributed by atoms with Crippen molar-refractivity contribution in [2.24, 2.45) is 5.92 Å². The molecule has 1 atom stereocenters. The van der Waals surface area contributed by atoms with E-state index in [1.807, 2.05) is 6.92 Å². The molecule has 1 fully saturated rings. The summed E-state index contributed by atoms with van der Waals surface area (Å²) in [6.07, 6.45) is 7.67. The van der Waals surface area contributed by atoms with E-state index in [0.29, 0.717) is 32.7 Å². The zero-order valence-electron chi connectivity index (χ0n) is 18.9. The topological polar surface area (TPSA) is 103 Å². The van der Waals surface area contributed by atoms with Gasteiger partial charge in [-0.3, -0.25) is 0 Å². The van der Waals surface area contributed by atoms with Crippen molar-refractivity contribution >= 4 is 43.7 Å². The molecule has 13 heteroatoms. The van der Waals surface area contributed by atoms with Gasteiger partial charge in [-0.05, 0) is 55.2 Å². The molecule has 9 nitrogen and oxygen atoms in total. The molecule has 4 heterocycles. The largest absolute Gasteiger partial charge is 0.466 e. The second kappa shape index (κ2) is 9.32. The van der Waals surface area contributed by atoms with E-state index in [2.05, 4.69) is 25.0 Å². The second-order valence-electron chi connectivity index (χ2n) is 8.48. The Kier molecular flexibility index (Phi) is 6.36. The molecule has 1 aliphatic heterocycles. The Morgan fingerprint density at radius 1 is 1.23 bits per heavy atom. The molecule has 0 unspecified atom stereocenters. The standard InChI is InChI=1S/C22H22ClFN6O3S2/c1-13(14-5-7-29(8-6-14)20-25-10-15(23)11-26-20)33-22-28-30-12-19(27-21(30)34-22)17-4-3-16(9-18(17)24)35(2,31)32/h3-4,9-14H,5-8H2,1-2H3/t13-/m1/s1. The van der Waals surface area contributed by atoms with Crippen molar-refractivity contribution in [2.45, 2.75) is 30.8 Å². The summed E-state index contributed by atoms with van der Waals surface area (Å²) < 4.78 is 45.5. The summed E-state index contributed by atoms with van der Waals surface area (Å²) in [7, 11) is -3.49. The van der Waals surface area contributed by atoms with E-state index in [1.54, 1.807) is 23.1 Å². The van der Waals surface area contributed by atoms with Gasteiger partial charge in [-0.15, -0.1) is 5.10 Å². The maximum absolute atomic E-state index is 14.5. The highest BCUT2D eigenvalue weighted by Crippen LogP contribution is 2.31. The van der Waals surface area contributed by atoms with Crippen LogP contribution in [0.2, 0.25) is 5.02 Å². The van der Waals surface area contributed by atoms with Crippen LogP contribution in [0.4, 0.5) is 10.3 Å². The molecule has 1 saturated heterocycles. The van der Waals surface area contributed by atoms with Gasteiger partial charge in [-0.2, -0.15) is 0 Å². The van der Waals surface area contributed by atoms with Gasteiger partial charge >= 0.3 is 0 Å². The monoisotopic (exact) mass is 536 g/mol. The number of hydrogen-bond donors (Lipinski definition) is 0. The Balaban J connectivity index is 1.23. The number of hydrogen-bond acceptors (Lipinski definition) is 9. The Morgan fingerprint density at radius 2 is 1.94 bits per heavy atom. The SMILES string of the molecule is C[C@@H](Oc1nn2cc(-c3ccc(S(C)(=O)=O)cc3F)nc2s1)C1CCN(c2ncc(Cl)cn2)CC1. The summed E-state index contributed by atoms with van der Waals surface area (Å²) in [5.41, 5.74) is 0.583. The minimum atomic E-state index is -3.49. The summed E-state index contributed by atoms with van der Waals surface area (Å²) in [5.74, 6) is 0.382. The van der Waals surface area contributed by atoms with E-state index in [0.717, 1.165) is 38.3 Å². The van der Waals surface area contributed by atoms with Crippen LogP contribution in [0.15, 0.2) is 41.7 Å². The van der Waals surface area contributed by atoms with Gasteiger partial charge in [0.15, 0.2) is 9.84 Å². The van der Waals surface area contributed by atoms with Crippen LogP contribution in [-0.4, -0.2) is 58.4 Å². The lowest BCUT2D eigenvalue weighted by Crippen LogP contribution is -2.39. The predicted octanol–water partition coefficient (Wildman–Crippen LogP) is 4.13. The van der Waals surface area contributed by atoms with E-state index in [1.165, 1.54) is 23.5 Å². The van der Waals surface area contributed by atoms with Gasteiger partial charge in [0.25, 0.3) is 5.19 Å². The quantitative estimate of drug-likeness (QED) is 0.362. The number of ether oxygens (including phenoxy) is 1. The molecule has 0 bridgehead atoms. The molecule has 4 aromatic rings. The van der Waals surface area contributed by atoms with Crippen molar-refractivity contribution in [1.82, 2.24) is 24.6 Å². The van der Waals surface area contributed by atoms with Crippen molar-refractivity contribution in [3.63, 3.8) is 0 Å². The molecule has 1 aromatic carbocycles. The summed E-state index contributed by atoms with van der Waals surface area (Å²) >= 11 is 7.15. The minimum Gasteiger partial charge on any atom is -0.466 e. The summed E-state index contributed by atoms with van der Waals surface area (Å²) in [5, 5.41) is 5.45. The molecule has 0 amide bonds. The minimum absolute atomic E-state index is 0.0420. The first-order valence-corrected chi connectivity index (χ1v) is 14.0. The summed E-state index contributed by atoms with van der Waals surface area (Å²) in [4.78, 5) is 15.6. The number of nitrogens with zero attached hydrogens (tertiary/aromatic N) is 6. The molecule has 0 aliphatic carbocycles. The third-order valence-corrected chi connectivity index (χ3v) is 8.17. The number of piperidine rings is 1. The Morgan fingerprint density at radius 3 is 2.57 bits per heavy atom. The lowest BCUT2D eigenvalue weighted by Gasteiger charge is -2.34. The maximum atomic E-state index is 14.5.